The lowest BCUT2D eigenvalue weighted by molar-refractivity contribution is -0.146. The standard InChI is InChI=1S/C15H24N2O4/c1-4-6-17(7-5-2)14(18)12-16-8-9-21-13(11-16)10-15(19)20-3/h4-5,13H,1-2,6-12H2,3H3. The first kappa shape index (κ1) is 17.4. The number of hydrogen-bond acceptors (Lipinski definition) is 5. The zero-order valence-corrected chi connectivity index (χ0v) is 12.6. The highest BCUT2D eigenvalue weighted by molar-refractivity contribution is 5.78. The van der Waals surface area contributed by atoms with E-state index in [1.54, 1.807) is 17.1 Å². The highest BCUT2D eigenvalue weighted by atomic mass is 16.5. The molecular formula is C15H24N2O4. The van der Waals surface area contributed by atoms with Crippen molar-refractivity contribution in [3.63, 3.8) is 0 Å². The average molecular weight is 296 g/mol. The Bertz CT molecular complexity index is 374. The highest BCUT2D eigenvalue weighted by Gasteiger charge is 2.25. The number of rotatable bonds is 8. The van der Waals surface area contributed by atoms with Gasteiger partial charge in [0.05, 0.1) is 32.8 Å². The van der Waals surface area contributed by atoms with Crippen LogP contribution in [0.4, 0.5) is 0 Å². The molecule has 1 aliphatic rings. The lowest BCUT2D eigenvalue weighted by Crippen LogP contribution is -2.48. The van der Waals surface area contributed by atoms with Crippen molar-refractivity contribution in [1.82, 2.24) is 9.80 Å². The summed E-state index contributed by atoms with van der Waals surface area (Å²) in [5.41, 5.74) is 0. The largest absolute Gasteiger partial charge is 0.469 e. The van der Waals surface area contributed by atoms with Crippen molar-refractivity contribution in [2.45, 2.75) is 12.5 Å². The van der Waals surface area contributed by atoms with Gasteiger partial charge in [-0.15, -0.1) is 13.2 Å². The number of morpholine rings is 1. The quantitative estimate of drug-likeness (QED) is 0.481. The normalized spacial score (nSPS) is 18.8. The average Bonchev–Trinajstić information content (AvgIpc) is 2.47. The van der Waals surface area contributed by atoms with Gasteiger partial charge in [-0.1, -0.05) is 12.2 Å². The number of hydrogen-bond donors (Lipinski definition) is 0. The van der Waals surface area contributed by atoms with Crippen LogP contribution in [0.3, 0.4) is 0 Å². The van der Waals surface area contributed by atoms with Crippen LogP contribution in [0.1, 0.15) is 6.42 Å². The fraction of sp³-hybridized carbons (Fsp3) is 0.600. The van der Waals surface area contributed by atoms with Crippen LogP contribution < -0.4 is 0 Å². The van der Waals surface area contributed by atoms with E-state index < -0.39 is 0 Å². The van der Waals surface area contributed by atoms with Gasteiger partial charge in [0, 0.05) is 26.2 Å². The van der Waals surface area contributed by atoms with Gasteiger partial charge in [0.2, 0.25) is 5.91 Å². The molecule has 0 spiro atoms. The Morgan fingerprint density at radius 1 is 1.38 bits per heavy atom. The third-order valence-electron chi connectivity index (χ3n) is 3.26. The van der Waals surface area contributed by atoms with Gasteiger partial charge >= 0.3 is 5.97 Å². The summed E-state index contributed by atoms with van der Waals surface area (Å²) in [6.07, 6.45) is 3.39. The fourth-order valence-corrected chi connectivity index (χ4v) is 2.20. The summed E-state index contributed by atoms with van der Waals surface area (Å²) >= 11 is 0. The van der Waals surface area contributed by atoms with E-state index in [0.717, 1.165) is 0 Å². The zero-order chi connectivity index (χ0) is 15.7. The van der Waals surface area contributed by atoms with E-state index in [9.17, 15) is 9.59 Å². The molecule has 0 saturated carbocycles. The lowest BCUT2D eigenvalue weighted by atomic mass is 10.2. The smallest absolute Gasteiger partial charge is 0.308 e. The first-order chi connectivity index (χ1) is 10.1. The SMILES string of the molecule is C=CCN(CC=C)C(=O)CN1CCOC(CC(=O)OC)C1. The van der Waals surface area contributed by atoms with Gasteiger partial charge in [0.25, 0.3) is 0 Å². The Morgan fingerprint density at radius 3 is 2.62 bits per heavy atom. The fourth-order valence-electron chi connectivity index (χ4n) is 2.20. The van der Waals surface area contributed by atoms with Crippen LogP contribution in [0.25, 0.3) is 0 Å². The molecule has 1 rings (SSSR count). The predicted octanol–water partition coefficient (Wildman–Crippen LogP) is 0.451. The second kappa shape index (κ2) is 9.31. The van der Waals surface area contributed by atoms with Crippen LogP contribution in [-0.2, 0) is 19.1 Å². The molecule has 0 bridgehead atoms. The Morgan fingerprint density at radius 2 is 2.05 bits per heavy atom. The molecule has 0 radical (unpaired) electrons. The molecule has 1 atom stereocenters. The van der Waals surface area contributed by atoms with E-state index in [1.165, 1.54) is 7.11 Å². The molecule has 0 aromatic rings. The van der Waals surface area contributed by atoms with Crippen LogP contribution in [0.2, 0.25) is 0 Å². The first-order valence-electron chi connectivity index (χ1n) is 7.01. The number of nitrogens with zero attached hydrogens (tertiary/aromatic N) is 2. The maximum atomic E-state index is 12.2. The molecule has 1 amide bonds. The van der Waals surface area contributed by atoms with Crippen LogP contribution in [0.5, 0.6) is 0 Å². The van der Waals surface area contributed by atoms with E-state index in [0.29, 0.717) is 39.3 Å². The molecule has 1 unspecified atom stereocenters. The summed E-state index contributed by atoms with van der Waals surface area (Å²) in [7, 11) is 1.36. The molecule has 1 fully saturated rings. The van der Waals surface area contributed by atoms with Gasteiger partial charge in [0.1, 0.15) is 0 Å². The Labute approximate surface area is 126 Å². The van der Waals surface area contributed by atoms with Gasteiger partial charge in [-0.2, -0.15) is 0 Å². The number of amides is 1. The molecule has 118 valence electrons. The Hall–Kier alpha value is -1.66. The Kier molecular flexibility index (Phi) is 7.71. The molecule has 0 aromatic carbocycles. The molecular weight excluding hydrogens is 272 g/mol. The molecule has 1 saturated heterocycles. The molecule has 1 heterocycles. The van der Waals surface area contributed by atoms with E-state index >= 15 is 0 Å². The van der Waals surface area contributed by atoms with Crippen molar-refractivity contribution in [3.8, 4) is 0 Å². The monoisotopic (exact) mass is 296 g/mol. The number of carbonyl (C=O) groups is 2. The molecule has 0 N–H and O–H groups in total. The number of methoxy groups -OCH3 is 1. The summed E-state index contributed by atoms with van der Waals surface area (Å²) < 4.78 is 10.2. The van der Waals surface area contributed by atoms with Gasteiger partial charge in [-0.3, -0.25) is 14.5 Å². The van der Waals surface area contributed by atoms with Crippen molar-refractivity contribution in [1.29, 1.82) is 0 Å². The van der Waals surface area contributed by atoms with Gasteiger partial charge < -0.3 is 14.4 Å². The van der Waals surface area contributed by atoms with Crippen LogP contribution >= 0.6 is 0 Å². The van der Waals surface area contributed by atoms with Crippen molar-refractivity contribution >= 4 is 11.9 Å². The van der Waals surface area contributed by atoms with E-state index in [4.69, 9.17) is 4.74 Å². The highest BCUT2D eigenvalue weighted by Crippen LogP contribution is 2.10. The van der Waals surface area contributed by atoms with Crippen molar-refractivity contribution in [2.24, 2.45) is 0 Å². The van der Waals surface area contributed by atoms with Gasteiger partial charge in [-0.25, -0.2) is 0 Å². The van der Waals surface area contributed by atoms with Crippen LogP contribution in [0.15, 0.2) is 25.3 Å². The van der Waals surface area contributed by atoms with Crippen LogP contribution in [0, 0.1) is 0 Å². The predicted molar refractivity (Wildman–Crippen MR) is 79.8 cm³/mol. The van der Waals surface area contributed by atoms with E-state index in [-0.39, 0.29) is 24.4 Å². The maximum absolute atomic E-state index is 12.2. The maximum Gasteiger partial charge on any atom is 0.308 e. The second-order valence-electron chi connectivity index (χ2n) is 4.88. The van der Waals surface area contributed by atoms with E-state index in [2.05, 4.69) is 17.9 Å². The molecule has 6 heteroatoms. The van der Waals surface area contributed by atoms with Crippen molar-refractivity contribution in [3.05, 3.63) is 25.3 Å². The molecule has 0 aromatic heterocycles. The minimum absolute atomic E-state index is 0.0218. The van der Waals surface area contributed by atoms with Crippen molar-refractivity contribution < 1.29 is 19.1 Å². The third-order valence-corrected chi connectivity index (χ3v) is 3.26. The third kappa shape index (κ3) is 6.10. The summed E-state index contributed by atoms with van der Waals surface area (Å²) in [4.78, 5) is 27.2. The molecule has 0 aliphatic carbocycles. The topological polar surface area (TPSA) is 59.1 Å². The second-order valence-corrected chi connectivity index (χ2v) is 4.88. The summed E-state index contributed by atoms with van der Waals surface area (Å²) in [6.45, 7) is 10.4. The number of esters is 1. The molecule has 1 aliphatic heterocycles. The summed E-state index contributed by atoms with van der Waals surface area (Å²) in [5.74, 6) is -0.276. The zero-order valence-electron chi connectivity index (χ0n) is 12.6. The number of ether oxygens (including phenoxy) is 2. The minimum atomic E-state index is -0.298. The summed E-state index contributed by atoms with van der Waals surface area (Å²) in [5, 5.41) is 0. The van der Waals surface area contributed by atoms with Crippen LogP contribution in [-0.4, -0.2) is 74.2 Å². The minimum Gasteiger partial charge on any atom is -0.469 e. The van der Waals surface area contributed by atoms with E-state index in [1.807, 2.05) is 4.90 Å². The first-order valence-corrected chi connectivity index (χ1v) is 7.01. The van der Waals surface area contributed by atoms with Gasteiger partial charge in [-0.05, 0) is 0 Å². The van der Waals surface area contributed by atoms with Crippen molar-refractivity contribution in [2.75, 3.05) is 46.4 Å². The Balaban J connectivity index is 2.48. The molecule has 6 nitrogen and oxygen atoms in total. The summed E-state index contributed by atoms with van der Waals surface area (Å²) in [6, 6.07) is 0. The lowest BCUT2D eigenvalue weighted by Gasteiger charge is -2.33. The van der Waals surface area contributed by atoms with Gasteiger partial charge in [0.15, 0.2) is 0 Å². The molecule has 21 heavy (non-hydrogen) atoms. The number of carbonyl (C=O) groups excluding carboxylic acids is 2.